The molecule has 1 saturated heterocycles. The fourth-order valence-electron chi connectivity index (χ4n) is 2.07. The molecule has 1 amide bonds. The largest absolute Gasteiger partial charge is 0.369 e. The molecule has 1 aliphatic heterocycles. The van der Waals surface area contributed by atoms with Crippen LogP contribution in [0.3, 0.4) is 0 Å². The van der Waals surface area contributed by atoms with Gasteiger partial charge in [-0.25, -0.2) is 4.98 Å². The molecule has 0 saturated carbocycles. The van der Waals surface area contributed by atoms with E-state index in [9.17, 15) is 4.79 Å². The lowest BCUT2D eigenvalue weighted by atomic mass is 10.2. The molecule has 1 aliphatic rings. The topological polar surface area (TPSA) is 45.7 Å². The van der Waals surface area contributed by atoms with Crippen molar-refractivity contribution >= 4 is 22.4 Å². The van der Waals surface area contributed by atoms with Gasteiger partial charge in [-0.05, 0) is 13.8 Å². The highest BCUT2D eigenvalue weighted by Gasteiger charge is 2.25. The summed E-state index contributed by atoms with van der Waals surface area (Å²) in [5.41, 5.74) is 0. The third-order valence-electron chi connectivity index (χ3n) is 3.05. The molecular formula is C12H19N3O2S. The minimum absolute atomic E-state index is 0.0932. The van der Waals surface area contributed by atoms with Crippen LogP contribution in [0.1, 0.15) is 13.8 Å². The van der Waals surface area contributed by atoms with Crippen molar-refractivity contribution in [2.24, 2.45) is 0 Å². The number of aromatic nitrogens is 1. The Bertz CT molecular complexity index is 375. The first-order valence-electron chi connectivity index (χ1n) is 6.27. The van der Waals surface area contributed by atoms with Crippen LogP contribution in [-0.2, 0) is 9.53 Å². The highest BCUT2D eigenvalue weighted by Crippen LogP contribution is 2.19. The Labute approximate surface area is 111 Å². The van der Waals surface area contributed by atoms with Crippen LogP contribution in [0.5, 0.6) is 0 Å². The minimum Gasteiger partial charge on any atom is -0.369 e. The van der Waals surface area contributed by atoms with E-state index in [0.29, 0.717) is 6.61 Å². The van der Waals surface area contributed by atoms with E-state index < -0.39 is 0 Å². The van der Waals surface area contributed by atoms with Crippen molar-refractivity contribution < 1.29 is 9.53 Å². The number of nitrogens with zero attached hydrogens (tertiary/aromatic N) is 3. The highest BCUT2D eigenvalue weighted by molar-refractivity contribution is 7.13. The second-order valence-corrected chi connectivity index (χ2v) is 5.10. The van der Waals surface area contributed by atoms with Crippen molar-refractivity contribution in [2.75, 3.05) is 37.7 Å². The van der Waals surface area contributed by atoms with Crippen molar-refractivity contribution in [3.05, 3.63) is 11.6 Å². The predicted octanol–water partition coefficient (Wildman–Crippen LogP) is 1.22. The molecule has 5 nitrogen and oxygen atoms in total. The Morgan fingerprint density at radius 3 is 2.78 bits per heavy atom. The van der Waals surface area contributed by atoms with Gasteiger partial charge in [0, 0.05) is 44.4 Å². The van der Waals surface area contributed by atoms with Crippen LogP contribution in [-0.4, -0.2) is 54.7 Å². The molecule has 1 atom stereocenters. The average molecular weight is 269 g/mol. The van der Waals surface area contributed by atoms with Crippen LogP contribution in [0, 0.1) is 0 Å². The molecule has 18 heavy (non-hydrogen) atoms. The normalized spacial score (nSPS) is 17.9. The van der Waals surface area contributed by atoms with E-state index in [1.54, 1.807) is 11.3 Å². The van der Waals surface area contributed by atoms with Gasteiger partial charge in [0.2, 0.25) is 0 Å². The molecule has 100 valence electrons. The number of ether oxygens (including phenoxy) is 1. The number of thiazole rings is 1. The Balaban J connectivity index is 1.85. The second-order valence-electron chi connectivity index (χ2n) is 4.22. The summed E-state index contributed by atoms with van der Waals surface area (Å²) in [6.45, 7) is 7.48. The number of hydrogen-bond acceptors (Lipinski definition) is 5. The minimum atomic E-state index is -0.332. The van der Waals surface area contributed by atoms with E-state index in [1.165, 1.54) is 0 Å². The first-order chi connectivity index (χ1) is 8.72. The van der Waals surface area contributed by atoms with Gasteiger partial charge in [0.25, 0.3) is 5.91 Å². The maximum atomic E-state index is 12.1. The molecule has 2 heterocycles. The summed E-state index contributed by atoms with van der Waals surface area (Å²) in [5, 5.41) is 3.02. The molecule has 6 heteroatoms. The number of piperazine rings is 1. The molecule has 1 aromatic heterocycles. The van der Waals surface area contributed by atoms with Gasteiger partial charge in [0.15, 0.2) is 5.13 Å². The molecule has 1 aromatic rings. The number of anilines is 1. The first-order valence-corrected chi connectivity index (χ1v) is 7.15. The fraction of sp³-hybridized carbons (Fsp3) is 0.667. The summed E-state index contributed by atoms with van der Waals surface area (Å²) in [5.74, 6) is 0.0932. The Morgan fingerprint density at radius 2 is 2.22 bits per heavy atom. The molecule has 1 unspecified atom stereocenters. The molecule has 0 N–H and O–H groups in total. The van der Waals surface area contributed by atoms with Crippen LogP contribution in [0.15, 0.2) is 11.6 Å². The number of hydrogen-bond donors (Lipinski definition) is 0. The number of rotatable bonds is 4. The average Bonchev–Trinajstić information content (AvgIpc) is 2.92. The lowest BCUT2D eigenvalue weighted by molar-refractivity contribution is -0.142. The lowest BCUT2D eigenvalue weighted by Gasteiger charge is -2.35. The van der Waals surface area contributed by atoms with Crippen LogP contribution < -0.4 is 4.90 Å². The van der Waals surface area contributed by atoms with E-state index in [1.807, 2.05) is 30.3 Å². The Morgan fingerprint density at radius 1 is 1.50 bits per heavy atom. The van der Waals surface area contributed by atoms with Gasteiger partial charge in [0.05, 0.1) is 0 Å². The van der Waals surface area contributed by atoms with Crippen LogP contribution in [0.4, 0.5) is 5.13 Å². The Hall–Kier alpha value is -1.14. The number of amides is 1. The van der Waals surface area contributed by atoms with E-state index in [-0.39, 0.29) is 12.0 Å². The Kier molecular flexibility index (Phi) is 4.54. The van der Waals surface area contributed by atoms with E-state index in [2.05, 4.69) is 9.88 Å². The van der Waals surface area contributed by atoms with Crippen LogP contribution in [0.25, 0.3) is 0 Å². The van der Waals surface area contributed by atoms with Gasteiger partial charge in [-0.2, -0.15) is 0 Å². The molecule has 0 radical (unpaired) electrons. The molecule has 1 fully saturated rings. The third-order valence-corrected chi connectivity index (χ3v) is 3.88. The summed E-state index contributed by atoms with van der Waals surface area (Å²) >= 11 is 1.64. The zero-order valence-electron chi connectivity index (χ0n) is 10.8. The smallest absolute Gasteiger partial charge is 0.251 e. The van der Waals surface area contributed by atoms with Gasteiger partial charge >= 0.3 is 0 Å². The highest BCUT2D eigenvalue weighted by atomic mass is 32.1. The molecule has 2 rings (SSSR count). The summed E-state index contributed by atoms with van der Waals surface area (Å²) in [7, 11) is 0. The first kappa shape index (κ1) is 13.3. The maximum Gasteiger partial charge on any atom is 0.251 e. The van der Waals surface area contributed by atoms with Crippen molar-refractivity contribution in [2.45, 2.75) is 20.0 Å². The summed E-state index contributed by atoms with van der Waals surface area (Å²) in [6, 6.07) is 0. The fourth-order valence-corrected chi connectivity index (χ4v) is 2.77. The van der Waals surface area contributed by atoms with Gasteiger partial charge in [-0.1, -0.05) is 0 Å². The molecule has 0 aromatic carbocycles. The summed E-state index contributed by atoms with van der Waals surface area (Å²) < 4.78 is 5.34. The quantitative estimate of drug-likeness (QED) is 0.824. The zero-order valence-corrected chi connectivity index (χ0v) is 11.7. The number of carbonyl (C=O) groups is 1. The molecule has 0 aliphatic carbocycles. The van der Waals surface area contributed by atoms with E-state index >= 15 is 0 Å². The SMILES string of the molecule is CCOC(C)C(=O)N1CCN(c2nccs2)CC1. The molecule has 0 spiro atoms. The van der Waals surface area contributed by atoms with Crippen molar-refractivity contribution in [3.63, 3.8) is 0 Å². The molecule has 0 bridgehead atoms. The lowest BCUT2D eigenvalue weighted by Crippen LogP contribution is -2.51. The third kappa shape index (κ3) is 3.00. The van der Waals surface area contributed by atoms with E-state index in [4.69, 9.17) is 4.74 Å². The van der Waals surface area contributed by atoms with Crippen molar-refractivity contribution in [1.82, 2.24) is 9.88 Å². The van der Waals surface area contributed by atoms with Gasteiger partial charge < -0.3 is 14.5 Å². The van der Waals surface area contributed by atoms with Crippen LogP contribution >= 0.6 is 11.3 Å². The standard InChI is InChI=1S/C12H19N3O2S/c1-3-17-10(2)11(16)14-5-7-15(8-6-14)12-13-4-9-18-12/h4,9-10H,3,5-8H2,1-2H3. The number of carbonyl (C=O) groups excluding carboxylic acids is 1. The second kappa shape index (κ2) is 6.15. The summed E-state index contributed by atoms with van der Waals surface area (Å²) in [4.78, 5) is 20.4. The van der Waals surface area contributed by atoms with Gasteiger partial charge in [-0.3, -0.25) is 4.79 Å². The van der Waals surface area contributed by atoms with Crippen LogP contribution in [0.2, 0.25) is 0 Å². The monoisotopic (exact) mass is 269 g/mol. The van der Waals surface area contributed by atoms with Crippen molar-refractivity contribution in [3.8, 4) is 0 Å². The maximum absolute atomic E-state index is 12.1. The van der Waals surface area contributed by atoms with Crippen molar-refractivity contribution in [1.29, 1.82) is 0 Å². The predicted molar refractivity (Wildman–Crippen MR) is 72.0 cm³/mol. The zero-order chi connectivity index (χ0) is 13.0. The van der Waals surface area contributed by atoms with Gasteiger partial charge in [-0.15, -0.1) is 11.3 Å². The van der Waals surface area contributed by atoms with Gasteiger partial charge in [0.1, 0.15) is 6.10 Å². The summed E-state index contributed by atoms with van der Waals surface area (Å²) in [6.07, 6.45) is 1.48. The molecular weight excluding hydrogens is 250 g/mol. The van der Waals surface area contributed by atoms with E-state index in [0.717, 1.165) is 31.3 Å².